The highest BCUT2D eigenvalue weighted by Gasteiger charge is 2.13. The molecule has 6 nitrogen and oxygen atoms in total. The summed E-state index contributed by atoms with van der Waals surface area (Å²) >= 11 is 1.30. The van der Waals surface area contributed by atoms with Gasteiger partial charge in [-0.25, -0.2) is 4.68 Å². The fraction of sp³-hybridized carbons (Fsp3) is 0. The number of sulfonamides is 1. The molecular formula is C20H16N4O2S2. The zero-order valence-electron chi connectivity index (χ0n) is 14.6. The number of nitrogens with zero attached hydrogens (tertiary/aromatic N) is 3. The standard InChI is InChI=1S/C20H16N4O2S2/c25-28(26,18-14-8-3-9-15-18)23-21-20-24(17-12-6-2-7-13-17)22-19(27-20)16-10-4-1-5-11-16/h1-15,23H/b21-20+. The molecule has 0 aliphatic rings. The molecule has 0 amide bonds. The van der Waals surface area contributed by atoms with Crippen molar-refractivity contribution >= 4 is 21.4 Å². The summed E-state index contributed by atoms with van der Waals surface area (Å²) in [6.45, 7) is 0. The molecule has 4 rings (SSSR count). The summed E-state index contributed by atoms with van der Waals surface area (Å²) in [5.41, 5.74) is 1.73. The van der Waals surface area contributed by atoms with Gasteiger partial charge in [-0.3, -0.25) is 0 Å². The van der Waals surface area contributed by atoms with E-state index in [0.29, 0.717) is 4.80 Å². The van der Waals surface area contributed by atoms with Crippen molar-refractivity contribution in [3.8, 4) is 16.3 Å². The van der Waals surface area contributed by atoms with E-state index < -0.39 is 10.0 Å². The second-order valence-corrected chi connectivity index (χ2v) is 8.44. The van der Waals surface area contributed by atoms with E-state index in [1.54, 1.807) is 22.9 Å². The van der Waals surface area contributed by atoms with Gasteiger partial charge in [-0.1, -0.05) is 78.1 Å². The molecule has 0 atom stereocenters. The first-order chi connectivity index (χ1) is 13.6. The van der Waals surface area contributed by atoms with Crippen molar-refractivity contribution in [2.45, 2.75) is 4.90 Å². The Labute approximate surface area is 166 Å². The molecule has 140 valence electrons. The molecule has 0 fully saturated rings. The van der Waals surface area contributed by atoms with Crippen LogP contribution in [0.2, 0.25) is 0 Å². The SMILES string of the molecule is O=S(=O)(N/N=c1/sc(-c2ccccc2)nn1-c1ccccc1)c1ccccc1. The molecular weight excluding hydrogens is 392 g/mol. The third-order valence-corrected chi connectivity index (χ3v) is 6.08. The van der Waals surface area contributed by atoms with E-state index >= 15 is 0 Å². The van der Waals surface area contributed by atoms with Gasteiger partial charge in [0.2, 0.25) is 4.80 Å². The van der Waals surface area contributed by atoms with Gasteiger partial charge in [-0.05, 0) is 24.3 Å². The maximum Gasteiger partial charge on any atom is 0.276 e. The molecule has 1 heterocycles. The van der Waals surface area contributed by atoms with E-state index in [-0.39, 0.29) is 4.90 Å². The minimum absolute atomic E-state index is 0.151. The highest BCUT2D eigenvalue weighted by atomic mass is 32.2. The Morgan fingerprint density at radius 3 is 2.04 bits per heavy atom. The molecule has 0 aliphatic heterocycles. The van der Waals surface area contributed by atoms with Gasteiger partial charge in [0.1, 0.15) is 5.01 Å². The normalized spacial score (nSPS) is 12.1. The molecule has 8 heteroatoms. The van der Waals surface area contributed by atoms with E-state index in [1.807, 2.05) is 60.7 Å². The number of hydrogen-bond donors (Lipinski definition) is 1. The second kappa shape index (κ2) is 7.79. The highest BCUT2D eigenvalue weighted by molar-refractivity contribution is 7.89. The van der Waals surface area contributed by atoms with E-state index in [4.69, 9.17) is 0 Å². The van der Waals surface area contributed by atoms with Crippen LogP contribution in [0.4, 0.5) is 0 Å². The van der Waals surface area contributed by atoms with Crippen molar-refractivity contribution < 1.29 is 8.42 Å². The van der Waals surface area contributed by atoms with Crippen LogP contribution in [0.3, 0.4) is 0 Å². The van der Waals surface area contributed by atoms with Crippen LogP contribution in [0, 0.1) is 0 Å². The Balaban J connectivity index is 1.79. The monoisotopic (exact) mass is 408 g/mol. The predicted octanol–water partition coefficient (Wildman–Crippen LogP) is 3.40. The van der Waals surface area contributed by atoms with Gasteiger partial charge in [-0.2, -0.15) is 18.3 Å². The topological polar surface area (TPSA) is 76.3 Å². The van der Waals surface area contributed by atoms with E-state index in [0.717, 1.165) is 16.3 Å². The average molecular weight is 409 g/mol. The van der Waals surface area contributed by atoms with Crippen molar-refractivity contribution in [3.05, 3.63) is 95.8 Å². The third kappa shape index (κ3) is 3.88. The number of nitrogens with one attached hydrogen (secondary N) is 1. The smallest absolute Gasteiger partial charge is 0.203 e. The summed E-state index contributed by atoms with van der Waals surface area (Å²) < 4.78 is 26.6. The zero-order valence-corrected chi connectivity index (χ0v) is 16.3. The van der Waals surface area contributed by atoms with E-state index in [2.05, 4.69) is 15.0 Å². The summed E-state index contributed by atoms with van der Waals surface area (Å²) in [5, 5.41) is 9.53. The van der Waals surface area contributed by atoms with Gasteiger partial charge in [0.15, 0.2) is 0 Å². The molecule has 0 bridgehead atoms. The maximum atomic E-state index is 12.5. The minimum atomic E-state index is -3.76. The van der Waals surface area contributed by atoms with Gasteiger partial charge in [-0.15, -0.1) is 5.10 Å². The molecule has 1 N–H and O–H groups in total. The van der Waals surface area contributed by atoms with Crippen LogP contribution in [0.25, 0.3) is 16.3 Å². The fourth-order valence-electron chi connectivity index (χ4n) is 2.54. The molecule has 3 aromatic carbocycles. The van der Waals surface area contributed by atoms with Gasteiger partial charge >= 0.3 is 0 Å². The Bertz CT molecular complexity index is 1230. The van der Waals surface area contributed by atoms with Crippen LogP contribution in [0.1, 0.15) is 0 Å². The molecule has 0 spiro atoms. The van der Waals surface area contributed by atoms with Crippen LogP contribution < -0.4 is 9.63 Å². The van der Waals surface area contributed by atoms with Gasteiger partial charge in [0.05, 0.1) is 10.6 Å². The number of benzene rings is 3. The summed E-state index contributed by atoms with van der Waals surface area (Å²) in [6.07, 6.45) is 0. The Hall–Kier alpha value is -3.23. The molecule has 0 saturated carbocycles. The van der Waals surface area contributed by atoms with Crippen LogP contribution in [0.15, 0.2) is 101 Å². The van der Waals surface area contributed by atoms with E-state index in [1.165, 1.54) is 23.5 Å². The summed E-state index contributed by atoms with van der Waals surface area (Å²) in [7, 11) is -3.76. The summed E-state index contributed by atoms with van der Waals surface area (Å²) in [5.74, 6) is 0. The predicted molar refractivity (Wildman–Crippen MR) is 109 cm³/mol. The maximum absolute atomic E-state index is 12.5. The second-order valence-electron chi connectivity index (χ2n) is 5.82. The largest absolute Gasteiger partial charge is 0.276 e. The quantitative estimate of drug-likeness (QED) is 0.514. The Kier molecular flexibility index (Phi) is 5.05. The lowest BCUT2D eigenvalue weighted by Crippen LogP contribution is -2.24. The first-order valence-corrected chi connectivity index (χ1v) is 10.7. The first kappa shape index (κ1) is 18.1. The van der Waals surface area contributed by atoms with Crippen LogP contribution in [0.5, 0.6) is 0 Å². The Morgan fingerprint density at radius 1 is 0.821 bits per heavy atom. The molecule has 0 radical (unpaired) electrons. The highest BCUT2D eigenvalue weighted by Crippen LogP contribution is 2.20. The lowest BCUT2D eigenvalue weighted by molar-refractivity contribution is 0.582. The van der Waals surface area contributed by atoms with Crippen LogP contribution in [-0.2, 0) is 10.0 Å². The lowest BCUT2D eigenvalue weighted by Gasteiger charge is -2.03. The van der Waals surface area contributed by atoms with Crippen LogP contribution in [-0.4, -0.2) is 18.2 Å². The van der Waals surface area contributed by atoms with Gasteiger partial charge in [0, 0.05) is 5.56 Å². The molecule has 1 aromatic heterocycles. The summed E-state index contributed by atoms with van der Waals surface area (Å²) in [4.78, 5) is 2.88. The Morgan fingerprint density at radius 2 is 1.39 bits per heavy atom. The minimum Gasteiger partial charge on any atom is -0.203 e. The van der Waals surface area contributed by atoms with Crippen molar-refractivity contribution in [1.82, 2.24) is 14.6 Å². The van der Waals surface area contributed by atoms with Gasteiger partial charge in [0.25, 0.3) is 10.0 Å². The fourth-order valence-corrected chi connectivity index (χ4v) is 4.30. The van der Waals surface area contributed by atoms with Crippen molar-refractivity contribution in [2.24, 2.45) is 5.10 Å². The van der Waals surface area contributed by atoms with E-state index in [9.17, 15) is 8.42 Å². The molecule has 0 aliphatic carbocycles. The lowest BCUT2D eigenvalue weighted by atomic mass is 10.2. The van der Waals surface area contributed by atoms with Crippen LogP contribution >= 0.6 is 11.3 Å². The zero-order chi connectivity index (χ0) is 19.4. The number of hydrogen-bond acceptors (Lipinski definition) is 5. The summed E-state index contributed by atoms with van der Waals surface area (Å²) in [6, 6.07) is 27.3. The third-order valence-electron chi connectivity index (χ3n) is 3.90. The van der Waals surface area contributed by atoms with Crippen molar-refractivity contribution in [1.29, 1.82) is 0 Å². The first-order valence-electron chi connectivity index (χ1n) is 8.45. The number of aromatic nitrogens is 2. The molecule has 28 heavy (non-hydrogen) atoms. The number of para-hydroxylation sites is 1. The molecule has 0 saturated heterocycles. The molecule has 4 aromatic rings. The van der Waals surface area contributed by atoms with Gasteiger partial charge < -0.3 is 0 Å². The molecule has 0 unspecified atom stereocenters. The van der Waals surface area contributed by atoms with Crippen molar-refractivity contribution in [3.63, 3.8) is 0 Å². The van der Waals surface area contributed by atoms with Crippen molar-refractivity contribution in [2.75, 3.05) is 0 Å². The number of rotatable bonds is 5. The average Bonchev–Trinajstić information content (AvgIpc) is 3.19.